The fraction of sp³-hybridized carbons (Fsp3) is 0.476. The molecule has 0 unspecified atom stereocenters. The Morgan fingerprint density at radius 2 is 1.93 bits per heavy atom. The van der Waals surface area contributed by atoms with E-state index in [9.17, 15) is 4.39 Å². The summed E-state index contributed by atoms with van der Waals surface area (Å²) in [6, 6.07) is 1.69. The number of pyridine rings is 1. The van der Waals surface area contributed by atoms with Gasteiger partial charge in [0.2, 0.25) is 0 Å². The van der Waals surface area contributed by atoms with Gasteiger partial charge in [-0.2, -0.15) is 4.39 Å². The van der Waals surface area contributed by atoms with E-state index in [-0.39, 0.29) is 22.5 Å². The van der Waals surface area contributed by atoms with Crippen LogP contribution in [0.3, 0.4) is 0 Å². The van der Waals surface area contributed by atoms with Crippen LogP contribution >= 0.6 is 23.4 Å². The average Bonchev–Trinajstić information content (AvgIpc) is 3.51. The molecule has 2 fully saturated rings. The first-order chi connectivity index (χ1) is 14.4. The second kappa shape index (κ2) is 7.57. The van der Waals surface area contributed by atoms with Gasteiger partial charge in [0.15, 0.2) is 11.6 Å². The van der Waals surface area contributed by atoms with E-state index in [0.29, 0.717) is 15.3 Å². The molecule has 1 saturated heterocycles. The predicted octanol–water partition coefficient (Wildman–Crippen LogP) is 4.70. The maximum atomic E-state index is 14.9. The molecule has 0 aromatic carbocycles. The number of aromatic nitrogens is 3. The lowest BCUT2D eigenvalue weighted by molar-refractivity contribution is 0.231. The molecule has 1 spiro atoms. The molecular formula is C21H24ClFN6S. The van der Waals surface area contributed by atoms with Gasteiger partial charge in [0, 0.05) is 24.2 Å². The lowest BCUT2D eigenvalue weighted by atomic mass is 9.75. The molecule has 3 heterocycles. The molecule has 1 saturated carbocycles. The second-order valence-corrected chi connectivity index (χ2v) is 9.97. The van der Waals surface area contributed by atoms with Crippen LogP contribution in [0, 0.1) is 17.3 Å². The maximum Gasteiger partial charge on any atom is 0.257 e. The molecule has 158 valence electrons. The number of hydrogen-bond donors (Lipinski definition) is 2. The lowest BCUT2D eigenvalue weighted by Crippen LogP contribution is -2.40. The van der Waals surface area contributed by atoms with Gasteiger partial charge in [0.25, 0.3) is 5.95 Å². The smallest absolute Gasteiger partial charge is 0.257 e. The third-order valence-corrected chi connectivity index (χ3v) is 8.08. The highest BCUT2D eigenvalue weighted by atomic mass is 35.5. The van der Waals surface area contributed by atoms with E-state index < -0.39 is 5.95 Å². The van der Waals surface area contributed by atoms with E-state index in [1.807, 2.05) is 4.90 Å². The molecule has 5 rings (SSSR count). The zero-order chi connectivity index (χ0) is 20.9. The number of halogens is 2. The molecular weight excluding hydrogens is 423 g/mol. The minimum atomic E-state index is -0.607. The summed E-state index contributed by atoms with van der Waals surface area (Å²) in [6.07, 6.45) is 11.2. The zero-order valence-electron chi connectivity index (χ0n) is 16.6. The Labute approximate surface area is 184 Å². The Morgan fingerprint density at radius 1 is 1.17 bits per heavy atom. The average molecular weight is 447 g/mol. The fourth-order valence-electron chi connectivity index (χ4n) is 4.57. The monoisotopic (exact) mass is 446 g/mol. The van der Waals surface area contributed by atoms with Gasteiger partial charge in [-0.15, -0.1) is 0 Å². The quantitative estimate of drug-likeness (QED) is 0.657. The van der Waals surface area contributed by atoms with Crippen molar-refractivity contribution in [3.63, 3.8) is 0 Å². The number of allylic oxidation sites excluding steroid dienone is 2. The van der Waals surface area contributed by atoms with Crippen LogP contribution in [0.15, 0.2) is 33.8 Å². The van der Waals surface area contributed by atoms with Crippen molar-refractivity contribution in [1.29, 1.82) is 0 Å². The second-order valence-electron chi connectivity index (χ2n) is 8.56. The predicted molar refractivity (Wildman–Crippen MR) is 118 cm³/mol. The molecule has 4 N–H and O–H groups in total. The number of anilines is 3. The molecule has 2 aromatic rings. The Bertz CT molecular complexity index is 1020. The number of nitrogens with zero attached hydrogens (tertiary/aromatic N) is 4. The van der Waals surface area contributed by atoms with E-state index in [1.54, 1.807) is 11.6 Å². The van der Waals surface area contributed by atoms with Crippen molar-refractivity contribution in [2.24, 2.45) is 11.3 Å². The number of nitrogens with two attached hydrogens (primary N) is 2. The first kappa shape index (κ1) is 19.9. The summed E-state index contributed by atoms with van der Waals surface area (Å²) >= 11 is 7.31. The summed E-state index contributed by atoms with van der Waals surface area (Å²) in [6.45, 7) is 1.55. The topological polar surface area (TPSA) is 94.0 Å². The first-order valence-electron chi connectivity index (χ1n) is 10.3. The van der Waals surface area contributed by atoms with Crippen molar-refractivity contribution in [2.75, 3.05) is 29.5 Å². The molecule has 9 heteroatoms. The van der Waals surface area contributed by atoms with Crippen LogP contribution in [-0.2, 0) is 0 Å². The van der Waals surface area contributed by atoms with E-state index in [2.05, 4.69) is 21.0 Å². The Hall–Kier alpha value is -2.06. The van der Waals surface area contributed by atoms with Gasteiger partial charge in [-0.05, 0) is 55.9 Å². The number of piperidine rings is 1. The zero-order valence-corrected chi connectivity index (χ0v) is 18.1. The van der Waals surface area contributed by atoms with Crippen LogP contribution in [0.25, 0.3) is 0 Å². The van der Waals surface area contributed by atoms with Gasteiger partial charge in [-0.1, -0.05) is 35.0 Å². The van der Waals surface area contributed by atoms with Crippen LogP contribution in [0.4, 0.5) is 21.8 Å². The molecule has 0 radical (unpaired) electrons. The van der Waals surface area contributed by atoms with Crippen LogP contribution in [0.2, 0.25) is 5.02 Å². The minimum Gasteiger partial charge on any atom is -0.382 e. The van der Waals surface area contributed by atoms with Crippen molar-refractivity contribution in [1.82, 2.24) is 15.0 Å². The summed E-state index contributed by atoms with van der Waals surface area (Å²) < 4.78 is 14.9. The molecule has 30 heavy (non-hydrogen) atoms. The van der Waals surface area contributed by atoms with Gasteiger partial charge in [0.05, 0.1) is 5.02 Å². The SMILES string of the molecule is Nc1nc(N2CCC3(CC=C(C4CC4)C3)CC2)c(F)nc1Sc1ccnc(N)c1Cl. The maximum absolute atomic E-state index is 14.9. The largest absolute Gasteiger partial charge is 0.382 e. The number of hydrogen-bond acceptors (Lipinski definition) is 7. The Balaban J connectivity index is 1.29. The Morgan fingerprint density at radius 3 is 2.67 bits per heavy atom. The van der Waals surface area contributed by atoms with Gasteiger partial charge in [-0.3, -0.25) is 0 Å². The van der Waals surface area contributed by atoms with Gasteiger partial charge in [-0.25, -0.2) is 15.0 Å². The highest BCUT2D eigenvalue weighted by Crippen LogP contribution is 2.52. The summed E-state index contributed by atoms with van der Waals surface area (Å²) in [5.74, 6) is 0.865. The van der Waals surface area contributed by atoms with Gasteiger partial charge in [0.1, 0.15) is 10.8 Å². The van der Waals surface area contributed by atoms with Crippen LogP contribution in [0.5, 0.6) is 0 Å². The van der Waals surface area contributed by atoms with Crippen LogP contribution in [-0.4, -0.2) is 28.0 Å². The molecule has 2 aromatic heterocycles. The highest BCUT2D eigenvalue weighted by Gasteiger charge is 2.41. The molecule has 6 nitrogen and oxygen atoms in total. The molecule has 0 amide bonds. The Kier molecular flexibility index (Phi) is 5.01. The van der Waals surface area contributed by atoms with E-state index in [1.165, 1.54) is 25.5 Å². The molecule has 0 atom stereocenters. The summed E-state index contributed by atoms with van der Waals surface area (Å²) in [5, 5.41) is 0.566. The molecule has 3 aliphatic rings. The van der Waals surface area contributed by atoms with Gasteiger partial charge < -0.3 is 16.4 Å². The molecule has 0 bridgehead atoms. The van der Waals surface area contributed by atoms with E-state index in [0.717, 1.165) is 50.0 Å². The van der Waals surface area contributed by atoms with Crippen molar-refractivity contribution in [3.05, 3.63) is 34.9 Å². The molecule has 1 aliphatic heterocycles. The summed E-state index contributed by atoms with van der Waals surface area (Å²) in [5.41, 5.74) is 13.9. The van der Waals surface area contributed by atoms with E-state index >= 15 is 0 Å². The lowest BCUT2D eigenvalue weighted by Gasteiger charge is -2.40. The van der Waals surface area contributed by atoms with E-state index in [4.69, 9.17) is 23.1 Å². The third kappa shape index (κ3) is 3.71. The first-order valence-corrected chi connectivity index (χ1v) is 11.5. The number of rotatable bonds is 4. The van der Waals surface area contributed by atoms with Crippen molar-refractivity contribution < 1.29 is 4.39 Å². The normalized spacial score (nSPS) is 20.6. The standard InChI is InChI=1S/C21H24ClFN6S/c22-15-14(4-8-26-17(15)24)30-20-18(25)28-19(16(23)27-20)29-9-6-21(7-10-29)5-3-13(11-21)12-1-2-12/h3-4,8,12H,1-2,5-7,9-11H2,(H2,24,26)(H2,25,28). The number of nitrogen functional groups attached to an aromatic ring is 2. The summed E-state index contributed by atoms with van der Waals surface area (Å²) in [4.78, 5) is 14.9. The summed E-state index contributed by atoms with van der Waals surface area (Å²) in [7, 11) is 0. The van der Waals surface area contributed by atoms with Crippen LogP contribution in [0.1, 0.15) is 38.5 Å². The van der Waals surface area contributed by atoms with Crippen LogP contribution < -0.4 is 16.4 Å². The fourth-order valence-corrected chi connectivity index (χ4v) is 5.60. The molecule has 2 aliphatic carbocycles. The minimum absolute atomic E-state index is 0.182. The van der Waals surface area contributed by atoms with Crippen molar-refractivity contribution in [3.8, 4) is 0 Å². The van der Waals surface area contributed by atoms with Crippen molar-refractivity contribution >= 4 is 40.8 Å². The van der Waals surface area contributed by atoms with Gasteiger partial charge >= 0.3 is 0 Å². The van der Waals surface area contributed by atoms with Crippen molar-refractivity contribution in [2.45, 2.75) is 48.4 Å². The third-order valence-electron chi connectivity index (χ3n) is 6.52. The highest BCUT2D eigenvalue weighted by molar-refractivity contribution is 7.99.